The van der Waals surface area contributed by atoms with Crippen LogP contribution in [0.25, 0.3) is 0 Å². The highest BCUT2D eigenvalue weighted by molar-refractivity contribution is 7.14. The van der Waals surface area contributed by atoms with Gasteiger partial charge in [0.1, 0.15) is 0 Å². The monoisotopic (exact) mass is 313 g/mol. The number of hydrogen-bond acceptors (Lipinski definition) is 2. The number of hydrogen-bond donors (Lipinski definition) is 0. The third-order valence-electron chi connectivity index (χ3n) is 3.87. The Bertz CT molecular complexity index is 432. The number of rotatable bonds is 5. The fourth-order valence-electron chi connectivity index (χ4n) is 2.74. The van der Waals surface area contributed by atoms with E-state index in [-0.39, 0.29) is 11.9 Å². The molecule has 0 aliphatic heterocycles. The molecule has 1 aliphatic carbocycles. The van der Waals surface area contributed by atoms with Gasteiger partial charge in [-0.25, -0.2) is 0 Å². The molecular formula is C16H24ClNOS. The van der Waals surface area contributed by atoms with Crippen LogP contribution in [0.5, 0.6) is 0 Å². The van der Waals surface area contributed by atoms with Crippen LogP contribution in [0.2, 0.25) is 0 Å². The van der Waals surface area contributed by atoms with Crippen molar-refractivity contribution in [2.24, 2.45) is 0 Å². The van der Waals surface area contributed by atoms with E-state index in [1.807, 2.05) is 4.90 Å². The quantitative estimate of drug-likeness (QED) is 0.579. The van der Waals surface area contributed by atoms with Crippen molar-refractivity contribution in [1.29, 1.82) is 0 Å². The molecule has 112 valence electrons. The lowest BCUT2D eigenvalue weighted by molar-refractivity contribution is 0.0711. The molecule has 1 heterocycles. The highest BCUT2D eigenvalue weighted by Crippen LogP contribution is 2.30. The first-order chi connectivity index (χ1) is 9.63. The number of carbonyl (C=O) groups is 1. The summed E-state index contributed by atoms with van der Waals surface area (Å²) in [5, 5.41) is 0. The molecule has 0 aromatic carbocycles. The van der Waals surface area contributed by atoms with Crippen LogP contribution in [0.3, 0.4) is 0 Å². The van der Waals surface area contributed by atoms with Crippen molar-refractivity contribution in [3.05, 3.63) is 21.4 Å². The predicted octanol–water partition coefficient (Wildman–Crippen LogP) is 4.50. The number of thiophene rings is 1. The molecule has 0 bridgehead atoms. The molecule has 1 aliphatic rings. The number of amides is 1. The van der Waals surface area contributed by atoms with E-state index < -0.39 is 0 Å². The molecule has 1 amide bonds. The SMILES string of the molecule is CC(C)N(CCCCl)C(=O)c1cc2c(s1)CCCCC2. The van der Waals surface area contributed by atoms with Crippen molar-refractivity contribution >= 4 is 28.8 Å². The molecule has 4 heteroatoms. The number of halogens is 1. The van der Waals surface area contributed by atoms with Crippen LogP contribution in [0, 0.1) is 0 Å². The second-order valence-corrected chi connectivity index (χ2v) is 7.27. The minimum absolute atomic E-state index is 0.184. The van der Waals surface area contributed by atoms with Crippen molar-refractivity contribution in [1.82, 2.24) is 4.90 Å². The third-order valence-corrected chi connectivity index (χ3v) is 5.37. The van der Waals surface area contributed by atoms with E-state index in [1.54, 1.807) is 11.3 Å². The summed E-state index contributed by atoms with van der Waals surface area (Å²) in [6, 6.07) is 2.37. The summed E-state index contributed by atoms with van der Waals surface area (Å²) in [4.78, 5) is 17.0. The average molecular weight is 314 g/mol. The molecule has 0 unspecified atom stereocenters. The second kappa shape index (κ2) is 7.46. The van der Waals surface area contributed by atoms with Crippen LogP contribution in [0.15, 0.2) is 6.07 Å². The molecule has 0 atom stereocenters. The van der Waals surface area contributed by atoms with Gasteiger partial charge in [-0.2, -0.15) is 0 Å². The standard InChI is InChI=1S/C16H24ClNOS/c1-12(2)18(10-6-9-17)16(19)15-11-13-7-4-3-5-8-14(13)20-15/h11-12H,3-10H2,1-2H3. The fourth-order valence-corrected chi connectivity index (χ4v) is 4.07. The van der Waals surface area contributed by atoms with Gasteiger partial charge >= 0.3 is 0 Å². The van der Waals surface area contributed by atoms with Crippen LogP contribution in [0.4, 0.5) is 0 Å². The van der Waals surface area contributed by atoms with Gasteiger partial charge in [-0.15, -0.1) is 22.9 Å². The molecule has 0 spiro atoms. The smallest absolute Gasteiger partial charge is 0.264 e. The maximum absolute atomic E-state index is 12.7. The van der Waals surface area contributed by atoms with E-state index in [4.69, 9.17) is 11.6 Å². The lowest BCUT2D eigenvalue weighted by Crippen LogP contribution is -2.37. The van der Waals surface area contributed by atoms with Gasteiger partial charge < -0.3 is 4.90 Å². The summed E-state index contributed by atoms with van der Waals surface area (Å²) in [6.45, 7) is 4.90. The molecule has 0 radical (unpaired) electrons. The third kappa shape index (κ3) is 3.76. The Labute approximate surface area is 131 Å². The topological polar surface area (TPSA) is 20.3 Å². The maximum Gasteiger partial charge on any atom is 0.264 e. The highest BCUT2D eigenvalue weighted by atomic mass is 35.5. The van der Waals surface area contributed by atoms with E-state index in [2.05, 4.69) is 19.9 Å². The van der Waals surface area contributed by atoms with Crippen LogP contribution >= 0.6 is 22.9 Å². The lowest BCUT2D eigenvalue weighted by atomic mass is 10.1. The van der Waals surface area contributed by atoms with E-state index in [9.17, 15) is 4.79 Å². The first-order valence-corrected chi connectivity index (χ1v) is 8.97. The van der Waals surface area contributed by atoms with Gasteiger partial charge in [0.05, 0.1) is 4.88 Å². The van der Waals surface area contributed by atoms with Crippen molar-refractivity contribution in [3.8, 4) is 0 Å². The fraction of sp³-hybridized carbons (Fsp3) is 0.688. The number of aryl methyl sites for hydroxylation is 2. The number of nitrogens with zero attached hydrogens (tertiary/aromatic N) is 1. The zero-order valence-electron chi connectivity index (χ0n) is 12.5. The zero-order chi connectivity index (χ0) is 14.5. The molecule has 1 aromatic heterocycles. The number of alkyl halides is 1. The van der Waals surface area contributed by atoms with Gasteiger partial charge in [-0.1, -0.05) is 6.42 Å². The molecule has 20 heavy (non-hydrogen) atoms. The largest absolute Gasteiger partial charge is 0.335 e. The molecular weight excluding hydrogens is 290 g/mol. The molecule has 1 aromatic rings. The molecule has 0 fully saturated rings. The summed E-state index contributed by atoms with van der Waals surface area (Å²) < 4.78 is 0. The number of fused-ring (bicyclic) bond motifs is 1. The van der Waals surface area contributed by atoms with Crippen molar-refractivity contribution in [3.63, 3.8) is 0 Å². The summed E-state index contributed by atoms with van der Waals surface area (Å²) >= 11 is 7.48. The minimum Gasteiger partial charge on any atom is -0.335 e. The molecule has 2 nitrogen and oxygen atoms in total. The van der Waals surface area contributed by atoms with Gasteiger partial charge in [0.15, 0.2) is 0 Å². The maximum atomic E-state index is 12.7. The molecule has 0 saturated carbocycles. The van der Waals surface area contributed by atoms with Crippen molar-refractivity contribution in [2.75, 3.05) is 12.4 Å². The van der Waals surface area contributed by atoms with Crippen LogP contribution in [-0.2, 0) is 12.8 Å². The second-order valence-electron chi connectivity index (χ2n) is 5.75. The van der Waals surface area contributed by atoms with Crippen molar-refractivity contribution < 1.29 is 4.79 Å². The highest BCUT2D eigenvalue weighted by Gasteiger charge is 2.22. The zero-order valence-corrected chi connectivity index (χ0v) is 14.0. The normalized spacial score (nSPS) is 15.0. The predicted molar refractivity (Wildman–Crippen MR) is 87.1 cm³/mol. The van der Waals surface area contributed by atoms with Crippen molar-refractivity contribution in [2.45, 2.75) is 58.4 Å². The Kier molecular flexibility index (Phi) is 5.91. The molecule has 2 rings (SSSR count). The van der Waals surface area contributed by atoms with Crippen LogP contribution in [0.1, 0.15) is 59.6 Å². The Morgan fingerprint density at radius 1 is 1.35 bits per heavy atom. The van der Waals surface area contributed by atoms with E-state index >= 15 is 0 Å². The minimum atomic E-state index is 0.184. The summed E-state index contributed by atoms with van der Waals surface area (Å²) in [7, 11) is 0. The lowest BCUT2D eigenvalue weighted by Gasteiger charge is -2.26. The van der Waals surface area contributed by atoms with Gasteiger partial charge in [0.25, 0.3) is 5.91 Å². The van der Waals surface area contributed by atoms with Gasteiger partial charge in [-0.3, -0.25) is 4.79 Å². The van der Waals surface area contributed by atoms with Crippen LogP contribution in [-0.4, -0.2) is 29.3 Å². The molecule has 0 N–H and O–H groups in total. The average Bonchev–Trinajstić information content (AvgIpc) is 2.70. The van der Waals surface area contributed by atoms with E-state index in [1.165, 1.54) is 29.7 Å². The number of carbonyl (C=O) groups excluding carboxylic acids is 1. The Morgan fingerprint density at radius 3 is 2.80 bits per heavy atom. The van der Waals surface area contributed by atoms with E-state index in [0.29, 0.717) is 5.88 Å². The first-order valence-electron chi connectivity index (χ1n) is 7.62. The summed E-state index contributed by atoms with van der Waals surface area (Å²) in [5.74, 6) is 0.792. The van der Waals surface area contributed by atoms with Gasteiger partial charge in [0.2, 0.25) is 0 Å². The van der Waals surface area contributed by atoms with Gasteiger partial charge in [-0.05, 0) is 57.6 Å². The summed E-state index contributed by atoms with van der Waals surface area (Å²) in [5.41, 5.74) is 1.41. The Morgan fingerprint density at radius 2 is 2.10 bits per heavy atom. The summed E-state index contributed by atoms with van der Waals surface area (Å²) in [6.07, 6.45) is 6.99. The van der Waals surface area contributed by atoms with Gasteiger partial charge in [0, 0.05) is 23.3 Å². The molecule has 0 saturated heterocycles. The Hall–Kier alpha value is -0.540. The van der Waals surface area contributed by atoms with Crippen LogP contribution < -0.4 is 0 Å². The Balaban J connectivity index is 2.14. The van der Waals surface area contributed by atoms with E-state index in [0.717, 1.165) is 30.7 Å². The first kappa shape index (κ1) is 15.8.